The van der Waals surface area contributed by atoms with Crippen LogP contribution in [-0.2, 0) is 4.79 Å². The number of ether oxygens (including phenoxy) is 1. The van der Waals surface area contributed by atoms with E-state index < -0.39 is 5.97 Å². The fourth-order valence-electron chi connectivity index (χ4n) is 3.41. The molecule has 0 unspecified atom stereocenters. The van der Waals surface area contributed by atoms with Gasteiger partial charge in [-0.05, 0) is 53.5 Å². The largest absolute Gasteiger partial charge is 0.423 e. The second-order valence-corrected chi connectivity index (χ2v) is 6.73. The number of rotatable bonds is 4. The molecule has 1 aliphatic carbocycles. The molecule has 0 atom stereocenters. The van der Waals surface area contributed by atoms with Gasteiger partial charge in [-0.1, -0.05) is 62.7 Å². The average Bonchev–Trinajstić information content (AvgIpc) is 2.63. The van der Waals surface area contributed by atoms with Crippen LogP contribution in [0.25, 0.3) is 11.1 Å². The van der Waals surface area contributed by atoms with Gasteiger partial charge >= 0.3 is 5.97 Å². The number of benzene rings is 2. The van der Waals surface area contributed by atoms with Crippen molar-refractivity contribution in [3.05, 3.63) is 66.7 Å². The first-order valence-electron chi connectivity index (χ1n) is 8.70. The summed E-state index contributed by atoms with van der Waals surface area (Å²) in [6, 6.07) is 16.5. The lowest BCUT2D eigenvalue weighted by atomic mass is 9.79. The molecule has 2 aromatic rings. The Morgan fingerprint density at radius 1 is 0.958 bits per heavy atom. The molecule has 0 amide bonds. The number of esters is 1. The van der Waals surface area contributed by atoms with Gasteiger partial charge in [0.05, 0.1) is 0 Å². The maximum Gasteiger partial charge on any atom is 0.335 e. The zero-order chi connectivity index (χ0) is 16.9. The Morgan fingerprint density at radius 2 is 1.50 bits per heavy atom. The third-order valence-electron chi connectivity index (χ3n) is 4.97. The van der Waals surface area contributed by atoms with E-state index in [2.05, 4.69) is 37.8 Å². The van der Waals surface area contributed by atoms with Crippen LogP contribution < -0.4 is 4.74 Å². The van der Waals surface area contributed by atoms with E-state index in [0.29, 0.717) is 5.75 Å². The fraction of sp³-hybridized carbons (Fsp3) is 0.318. The molecule has 0 bridgehead atoms. The normalized spacial score (nSPS) is 20.4. The molecule has 0 heterocycles. The van der Waals surface area contributed by atoms with E-state index in [-0.39, 0.29) is 0 Å². The molecule has 3 rings (SSSR count). The summed E-state index contributed by atoms with van der Waals surface area (Å²) in [6.45, 7) is 5.75. The molecule has 1 saturated carbocycles. The molecule has 1 fully saturated rings. The SMILES string of the molecule is C=CC(=O)Oc1ccc(-c2ccc(C3CCC(C)CC3)cc2)cc1. The molecule has 0 aliphatic heterocycles. The molecule has 0 saturated heterocycles. The van der Waals surface area contributed by atoms with E-state index >= 15 is 0 Å². The smallest absolute Gasteiger partial charge is 0.335 e. The van der Waals surface area contributed by atoms with Crippen LogP contribution in [-0.4, -0.2) is 5.97 Å². The van der Waals surface area contributed by atoms with Crippen LogP contribution in [0.1, 0.15) is 44.1 Å². The van der Waals surface area contributed by atoms with Gasteiger partial charge in [0.25, 0.3) is 0 Å². The van der Waals surface area contributed by atoms with Crippen molar-refractivity contribution in [1.29, 1.82) is 0 Å². The predicted octanol–water partition coefficient (Wildman–Crippen LogP) is 5.74. The maximum atomic E-state index is 11.2. The highest BCUT2D eigenvalue weighted by molar-refractivity contribution is 5.83. The van der Waals surface area contributed by atoms with Gasteiger partial charge in [0.15, 0.2) is 0 Å². The Morgan fingerprint density at radius 3 is 2.04 bits per heavy atom. The van der Waals surface area contributed by atoms with Gasteiger partial charge in [-0.2, -0.15) is 0 Å². The van der Waals surface area contributed by atoms with Crippen LogP contribution in [0, 0.1) is 5.92 Å². The van der Waals surface area contributed by atoms with Crippen LogP contribution in [0.5, 0.6) is 5.75 Å². The monoisotopic (exact) mass is 320 g/mol. The minimum Gasteiger partial charge on any atom is -0.423 e. The highest BCUT2D eigenvalue weighted by Crippen LogP contribution is 2.36. The fourth-order valence-corrected chi connectivity index (χ4v) is 3.41. The number of hydrogen-bond donors (Lipinski definition) is 0. The molecule has 24 heavy (non-hydrogen) atoms. The van der Waals surface area contributed by atoms with E-state index in [0.717, 1.165) is 17.4 Å². The average molecular weight is 320 g/mol. The maximum absolute atomic E-state index is 11.2. The highest BCUT2D eigenvalue weighted by atomic mass is 16.5. The number of carbonyl (C=O) groups excluding carboxylic acids is 1. The Hall–Kier alpha value is -2.35. The molecule has 0 N–H and O–H groups in total. The second kappa shape index (κ2) is 7.48. The van der Waals surface area contributed by atoms with Crippen LogP contribution in [0.2, 0.25) is 0 Å². The Bertz CT molecular complexity index is 690. The first kappa shape index (κ1) is 16.5. The van der Waals surface area contributed by atoms with Gasteiger partial charge < -0.3 is 4.74 Å². The van der Waals surface area contributed by atoms with Crippen molar-refractivity contribution in [2.45, 2.75) is 38.5 Å². The summed E-state index contributed by atoms with van der Waals surface area (Å²) in [6.07, 6.45) is 6.47. The van der Waals surface area contributed by atoms with Gasteiger partial charge in [-0.3, -0.25) is 0 Å². The van der Waals surface area contributed by atoms with Crippen molar-refractivity contribution >= 4 is 5.97 Å². The molecule has 0 radical (unpaired) electrons. The summed E-state index contributed by atoms with van der Waals surface area (Å²) in [5.74, 6) is 1.70. The third kappa shape index (κ3) is 3.94. The van der Waals surface area contributed by atoms with Gasteiger partial charge in [-0.15, -0.1) is 0 Å². The van der Waals surface area contributed by atoms with Crippen LogP contribution in [0.4, 0.5) is 0 Å². The summed E-state index contributed by atoms with van der Waals surface area (Å²) in [7, 11) is 0. The molecule has 0 aromatic heterocycles. The molecule has 1 aliphatic rings. The van der Waals surface area contributed by atoms with Crippen molar-refractivity contribution in [3.63, 3.8) is 0 Å². The summed E-state index contributed by atoms with van der Waals surface area (Å²) >= 11 is 0. The molecule has 124 valence electrons. The quantitative estimate of drug-likeness (QED) is 0.408. The van der Waals surface area contributed by atoms with Gasteiger partial charge in [0.2, 0.25) is 0 Å². The molecular formula is C22H24O2. The van der Waals surface area contributed by atoms with Crippen LogP contribution >= 0.6 is 0 Å². The van der Waals surface area contributed by atoms with Crippen molar-refractivity contribution in [1.82, 2.24) is 0 Å². The Balaban J connectivity index is 1.69. The second-order valence-electron chi connectivity index (χ2n) is 6.73. The summed E-state index contributed by atoms with van der Waals surface area (Å²) in [4.78, 5) is 11.2. The first-order valence-corrected chi connectivity index (χ1v) is 8.70. The third-order valence-corrected chi connectivity index (χ3v) is 4.97. The van der Waals surface area contributed by atoms with Gasteiger partial charge in [0, 0.05) is 6.08 Å². The first-order chi connectivity index (χ1) is 11.7. The highest BCUT2D eigenvalue weighted by Gasteiger charge is 2.19. The van der Waals surface area contributed by atoms with Crippen molar-refractivity contribution in [2.75, 3.05) is 0 Å². The van der Waals surface area contributed by atoms with Gasteiger partial charge in [-0.25, -0.2) is 4.79 Å². The topological polar surface area (TPSA) is 26.3 Å². The summed E-state index contributed by atoms with van der Waals surface area (Å²) in [5, 5.41) is 0. The van der Waals surface area contributed by atoms with E-state index in [1.807, 2.05) is 24.3 Å². The minimum atomic E-state index is -0.436. The summed E-state index contributed by atoms with van der Waals surface area (Å²) < 4.78 is 5.10. The standard InChI is InChI=1S/C22H24O2/c1-3-22(23)24-21-14-12-20(13-15-21)19-10-8-18(9-11-19)17-6-4-16(2)5-7-17/h3,8-17H,1,4-7H2,2H3. The lowest BCUT2D eigenvalue weighted by Gasteiger charge is -2.26. The van der Waals surface area contributed by atoms with Crippen molar-refractivity contribution in [2.24, 2.45) is 5.92 Å². The Kier molecular flexibility index (Phi) is 5.14. The zero-order valence-electron chi connectivity index (χ0n) is 14.2. The zero-order valence-corrected chi connectivity index (χ0v) is 14.2. The molecule has 2 aromatic carbocycles. The molecular weight excluding hydrogens is 296 g/mol. The van der Waals surface area contributed by atoms with E-state index in [9.17, 15) is 4.79 Å². The van der Waals surface area contributed by atoms with Gasteiger partial charge in [0.1, 0.15) is 5.75 Å². The van der Waals surface area contributed by atoms with Crippen LogP contribution in [0.15, 0.2) is 61.2 Å². The number of carbonyl (C=O) groups is 1. The van der Waals surface area contributed by atoms with Crippen molar-refractivity contribution < 1.29 is 9.53 Å². The molecule has 2 heteroatoms. The van der Waals surface area contributed by atoms with Crippen LogP contribution in [0.3, 0.4) is 0 Å². The van der Waals surface area contributed by atoms with Crippen molar-refractivity contribution in [3.8, 4) is 16.9 Å². The summed E-state index contributed by atoms with van der Waals surface area (Å²) in [5.41, 5.74) is 3.77. The van der Waals surface area contributed by atoms with E-state index in [1.54, 1.807) is 0 Å². The lowest BCUT2D eigenvalue weighted by molar-refractivity contribution is -0.128. The Labute approximate surface area is 144 Å². The predicted molar refractivity (Wildman–Crippen MR) is 98.1 cm³/mol. The molecule has 0 spiro atoms. The lowest BCUT2D eigenvalue weighted by Crippen LogP contribution is -2.10. The van der Waals surface area contributed by atoms with E-state index in [1.165, 1.54) is 42.9 Å². The number of hydrogen-bond acceptors (Lipinski definition) is 2. The molecule has 2 nitrogen and oxygen atoms in total. The minimum absolute atomic E-state index is 0.436. The van der Waals surface area contributed by atoms with E-state index in [4.69, 9.17) is 4.74 Å².